The largest absolute Gasteiger partial charge is 0.478 e. The quantitative estimate of drug-likeness (QED) is 0.396. The molecule has 0 saturated heterocycles. The van der Waals surface area contributed by atoms with Crippen LogP contribution < -0.4 is 10.1 Å². The Kier molecular flexibility index (Phi) is 6.91. The lowest BCUT2D eigenvalue weighted by Crippen LogP contribution is -2.23. The van der Waals surface area contributed by atoms with Crippen molar-refractivity contribution in [3.8, 4) is 11.6 Å². The maximum absolute atomic E-state index is 13.1. The number of nitrogens with one attached hydrogen (secondary N) is 1. The molecule has 0 spiro atoms. The molecule has 0 unspecified atom stereocenters. The Hall–Kier alpha value is -3.74. The Bertz CT molecular complexity index is 1330. The molecule has 4 rings (SSSR count). The standard InChI is InChI=1S/C27H29FN4O2/c1-5-34-27-23(13-14-24(33)29-16-20-9-11-21(28)12-10-20)18(3)25-19(4)31-32(26(25)30-27)22-8-6-7-17(2)15-22/h6-12,15H,5,13-14,16H2,1-4H3,(H,29,33). The number of rotatable bonds is 8. The zero-order valence-corrected chi connectivity index (χ0v) is 20.0. The molecule has 0 saturated carbocycles. The van der Waals surface area contributed by atoms with Crippen LogP contribution in [0.2, 0.25) is 0 Å². The van der Waals surface area contributed by atoms with Gasteiger partial charge in [0.2, 0.25) is 11.8 Å². The van der Waals surface area contributed by atoms with Gasteiger partial charge in [0.25, 0.3) is 0 Å². The minimum Gasteiger partial charge on any atom is -0.478 e. The van der Waals surface area contributed by atoms with E-state index in [1.54, 1.807) is 12.1 Å². The van der Waals surface area contributed by atoms with Crippen LogP contribution in [0.25, 0.3) is 16.7 Å². The molecule has 176 valence electrons. The van der Waals surface area contributed by atoms with Crippen molar-refractivity contribution in [2.45, 2.75) is 47.1 Å². The maximum atomic E-state index is 13.1. The van der Waals surface area contributed by atoms with E-state index in [1.807, 2.05) is 50.6 Å². The molecule has 0 aliphatic heterocycles. The van der Waals surface area contributed by atoms with Crippen molar-refractivity contribution in [2.24, 2.45) is 0 Å². The highest BCUT2D eigenvalue weighted by molar-refractivity contribution is 5.86. The zero-order chi connectivity index (χ0) is 24.2. The third-order valence-corrected chi connectivity index (χ3v) is 5.86. The van der Waals surface area contributed by atoms with Crippen molar-refractivity contribution < 1.29 is 13.9 Å². The maximum Gasteiger partial charge on any atom is 0.220 e. The van der Waals surface area contributed by atoms with Crippen molar-refractivity contribution in [3.05, 3.63) is 82.3 Å². The number of ether oxygens (including phenoxy) is 1. The van der Waals surface area contributed by atoms with Crippen LogP contribution in [0, 0.1) is 26.6 Å². The molecule has 0 aliphatic rings. The number of aromatic nitrogens is 3. The Morgan fingerprint density at radius 2 is 1.88 bits per heavy atom. The molecular weight excluding hydrogens is 431 g/mol. The van der Waals surface area contributed by atoms with Crippen molar-refractivity contribution in [2.75, 3.05) is 6.61 Å². The minimum atomic E-state index is -0.294. The van der Waals surface area contributed by atoms with E-state index < -0.39 is 0 Å². The summed E-state index contributed by atoms with van der Waals surface area (Å²) in [4.78, 5) is 17.4. The SMILES string of the molecule is CCOc1nc2c(c(C)nn2-c2cccc(C)c2)c(C)c1CCC(=O)NCc1ccc(F)cc1. The summed E-state index contributed by atoms with van der Waals surface area (Å²) in [6.45, 7) is 8.81. The molecule has 0 atom stereocenters. The van der Waals surface area contributed by atoms with Gasteiger partial charge in [-0.3, -0.25) is 4.79 Å². The van der Waals surface area contributed by atoms with Crippen LogP contribution in [-0.4, -0.2) is 27.3 Å². The zero-order valence-electron chi connectivity index (χ0n) is 20.0. The first-order chi connectivity index (χ1) is 16.4. The number of hydrogen-bond acceptors (Lipinski definition) is 4. The number of carbonyl (C=O) groups is 1. The normalized spacial score (nSPS) is 11.1. The van der Waals surface area contributed by atoms with Gasteiger partial charge in [0.05, 0.1) is 18.0 Å². The molecule has 4 aromatic rings. The fourth-order valence-electron chi connectivity index (χ4n) is 4.15. The molecule has 34 heavy (non-hydrogen) atoms. The first-order valence-electron chi connectivity index (χ1n) is 11.5. The minimum absolute atomic E-state index is 0.0848. The van der Waals surface area contributed by atoms with Crippen LogP contribution in [0.3, 0.4) is 0 Å². The Labute approximate surface area is 198 Å². The topological polar surface area (TPSA) is 69.0 Å². The number of carbonyl (C=O) groups excluding carboxylic acids is 1. The third kappa shape index (κ3) is 4.93. The first-order valence-corrected chi connectivity index (χ1v) is 11.5. The summed E-state index contributed by atoms with van der Waals surface area (Å²) < 4.78 is 20.8. The number of aryl methyl sites for hydroxylation is 3. The van der Waals surface area contributed by atoms with Crippen LogP contribution in [0.4, 0.5) is 4.39 Å². The van der Waals surface area contributed by atoms with Gasteiger partial charge in [-0.15, -0.1) is 0 Å². The molecule has 6 nitrogen and oxygen atoms in total. The first kappa shape index (κ1) is 23.4. The highest BCUT2D eigenvalue weighted by Crippen LogP contribution is 2.32. The number of halogens is 1. The molecular formula is C27H29FN4O2. The van der Waals surface area contributed by atoms with Crippen molar-refractivity contribution in [1.29, 1.82) is 0 Å². The third-order valence-electron chi connectivity index (χ3n) is 5.86. The number of pyridine rings is 1. The predicted molar refractivity (Wildman–Crippen MR) is 131 cm³/mol. The summed E-state index contributed by atoms with van der Waals surface area (Å²) in [7, 11) is 0. The van der Waals surface area contributed by atoms with E-state index in [4.69, 9.17) is 14.8 Å². The van der Waals surface area contributed by atoms with E-state index in [-0.39, 0.29) is 11.7 Å². The van der Waals surface area contributed by atoms with Crippen molar-refractivity contribution in [3.63, 3.8) is 0 Å². The summed E-state index contributed by atoms with van der Waals surface area (Å²) in [5.41, 5.74) is 6.50. The van der Waals surface area contributed by atoms with Gasteiger partial charge in [-0.2, -0.15) is 10.1 Å². The van der Waals surface area contributed by atoms with Gasteiger partial charge in [-0.05, 0) is 75.1 Å². The summed E-state index contributed by atoms with van der Waals surface area (Å²) in [5, 5.41) is 8.64. The molecule has 0 fully saturated rings. The van der Waals surface area contributed by atoms with E-state index in [9.17, 15) is 9.18 Å². The Morgan fingerprint density at radius 3 is 2.59 bits per heavy atom. The lowest BCUT2D eigenvalue weighted by Gasteiger charge is -2.14. The number of amides is 1. The summed E-state index contributed by atoms with van der Waals surface area (Å²) >= 11 is 0. The fraction of sp³-hybridized carbons (Fsp3) is 0.296. The Balaban J connectivity index is 1.60. The highest BCUT2D eigenvalue weighted by Gasteiger charge is 2.20. The van der Waals surface area contributed by atoms with Gasteiger partial charge >= 0.3 is 0 Å². The monoisotopic (exact) mass is 460 g/mol. The van der Waals surface area contributed by atoms with Crippen molar-refractivity contribution in [1.82, 2.24) is 20.1 Å². The van der Waals surface area contributed by atoms with Gasteiger partial charge < -0.3 is 10.1 Å². The number of nitrogens with zero attached hydrogens (tertiary/aromatic N) is 3. The second-order valence-corrected chi connectivity index (χ2v) is 8.39. The van der Waals surface area contributed by atoms with Gasteiger partial charge in [0.1, 0.15) is 5.82 Å². The summed E-state index contributed by atoms with van der Waals surface area (Å²) in [5.74, 6) is 0.156. The molecule has 2 aromatic carbocycles. The number of hydrogen-bond donors (Lipinski definition) is 1. The molecule has 0 bridgehead atoms. The van der Waals surface area contributed by atoms with Gasteiger partial charge in [-0.25, -0.2) is 9.07 Å². The smallest absolute Gasteiger partial charge is 0.220 e. The summed E-state index contributed by atoms with van der Waals surface area (Å²) in [6.07, 6.45) is 0.786. The molecule has 1 amide bonds. The van der Waals surface area contributed by atoms with Gasteiger partial charge in [0.15, 0.2) is 5.65 Å². The average molecular weight is 461 g/mol. The average Bonchev–Trinajstić information content (AvgIpc) is 3.15. The fourth-order valence-corrected chi connectivity index (χ4v) is 4.15. The lowest BCUT2D eigenvalue weighted by atomic mass is 10.0. The second kappa shape index (κ2) is 10.0. The van der Waals surface area contributed by atoms with E-state index >= 15 is 0 Å². The van der Waals surface area contributed by atoms with Crippen LogP contribution in [0.15, 0.2) is 48.5 Å². The molecule has 7 heteroatoms. The van der Waals surface area contributed by atoms with E-state index in [1.165, 1.54) is 12.1 Å². The molecule has 0 radical (unpaired) electrons. The van der Waals surface area contributed by atoms with E-state index in [0.717, 1.165) is 44.7 Å². The van der Waals surface area contributed by atoms with E-state index in [0.29, 0.717) is 31.9 Å². The highest BCUT2D eigenvalue weighted by atomic mass is 19.1. The van der Waals surface area contributed by atoms with Crippen molar-refractivity contribution >= 4 is 16.9 Å². The van der Waals surface area contributed by atoms with Gasteiger partial charge in [-0.1, -0.05) is 24.3 Å². The molecule has 2 aromatic heterocycles. The number of benzene rings is 2. The van der Waals surface area contributed by atoms with Crippen LogP contribution in [0.1, 0.15) is 41.3 Å². The van der Waals surface area contributed by atoms with Crippen LogP contribution in [0.5, 0.6) is 5.88 Å². The van der Waals surface area contributed by atoms with Crippen LogP contribution in [-0.2, 0) is 17.8 Å². The lowest BCUT2D eigenvalue weighted by molar-refractivity contribution is -0.121. The molecule has 2 heterocycles. The second-order valence-electron chi connectivity index (χ2n) is 8.39. The molecule has 1 N–H and O–H groups in total. The van der Waals surface area contributed by atoms with Crippen LogP contribution >= 0.6 is 0 Å². The summed E-state index contributed by atoms with van der Waals surface area (Å²) in [6, 6.07) is 14.2. The van der Waals surface area contributed by atoms with Gasteiger partial charge in [0, 0.05) is 23.9 Å². The van der Waals surface area contributed by atoms with E-state index in [2.05, 4.69) is 11.4 Å². The predicted octanol–water partition coefficient (Wildman–Crippen LogP) is 5.13. The molecule has 0 aliphatic carbocycles. The number of fused-ring (bicyclic) bond motifs is 1. The Morgan fingerprint density at radius 1 is 1.12 bits per heavy atom.